The average Bonchev–Trinajstić information content (AvgIpc) is 3.17. The molecule has 1 atom stereocenters. The lowest BCUT2D eigenvalue weighted by molar-refractivity contribution is -0.133. The second-order valence-corrected chi connectivity index (χ2v) is 8.08. The summed E-state index contributed by atoms with van der Waals surface area (Å²) in [6.45, 7) is 5.55. The molecular formula is C19H22ClN3O2S. The van der Waals surface area contributed by atoms with Gasteiger partial charge < -0.3 is 5.32 Å². The van der Waals surface area contributed by atoms with E-state index in [0.29, 0.717) is 13.0 Å². The van der Waals surface area contributed by atoms with E-state index >= 15 is 0 Å². The highest BCUT2D eigenvalue weighted by Crippen LogP contribution is 2.32. The number of imide groups is 1. The number of carbonyl (C=O) groups is 2. The van der Waals surface area contributed by atoms with E-state index in [1.165, 1.54) is 16.2 Å². The van der Waals surface area contributed by atoms with Gasteiger partial charge in [0.1, 0.15) is 5.54 Å². The van der Waals surface area contributed by atoms with Gasteiger partial charge in [-0.25, -0.2) is 9.69 Å². The van der Waals surface area contributed by atoms with Crippen LogP contribution in [0.5, 0.6) is 0 Å². The van der Waals surface area contributed by atoms with E-state index in [1.807, 2.05) is 56.3 Å². The van der Waals surface area contributed by atoms with Crippen LogP contribution in [0.4, 0.5) is 4.79 Å². The first-order valence-electron chi connectivity index (χ1n) is 8.66. The van der Waals surface area contributed by atoms with Crippen molar-refractivity contribution in [2.75, 3.05) is 13.2 Å². The van der Waals surface area contributed by atoms with Gasteiger partial charge >= 0.3 is 6.03 Å². The van der Waals surface area contributed by atoms with Gasteiger partial charge in [-0.05, 0) is 30.7 Å². The largest absolute Gasteiger partial charge is 0.326 e. The third-order valence-corrected chi connectivity index (χ3v) is 5.99. The fraction of sp³-hybridized carbons (Fsp3) is 0.368. The minimum absolute atomic E-state index is 0.195. The van der Waals surface area contributed by atoms with Crippen molar-refractivity contribution in [1.29, 1.82) is 0 Å². The summed E-state index contributed by atoms with van der Waals surface area (Å²) in [5, 5.41) is 2.92. The van der Waals surface area contributed by atoms with E-state index < -0.39 is 5.54 Å². The first kappa shape index (κ1) is 18.9. The molecule has 1 fully saturated rings. The molecule has 2 heterocycles. The summed E-state index contributed by atoms with van der Waals surface area (Å²) in [4.78, 5) is 30.2. The Labute approximate surface area is 162 Å². The van der Waals surface area contributed by atoms with Crippen LogP contribution in [0, 0.1) is 0 Å². The van der Waals surface area contributed by atoms with Crippen molar-refractivity contribution in [3.63, 3.8) is 0 Å². The molecule has 1 aliphatic heterocycles. The summed E-state index contributed by atoms with van der Waals surface area (Å²) >= 11 is 7.51. The molecule has 1 aliphatic rings. The summed E-state index contributed by atoms with van der Waals surface area (Å²) in [6.07, 6.45) is 0.505. The van der Waals surface area contributed by atoms with E-state index in [2.05, 4.69) is 10.2 Å². The number of nitrogens with zero attached hydrogens (tertiary/aromatic N) is 2. The van der Waals surface area contributed by atoms with Gasteiger partial charge in [-0.2, -0.15) is 0 Å². The molecule has 0 bridgehead atoms. The Balaban J connectivity index is 1.79. The lowest BCUT2D eigenvalue weighted by Gasteiger charge is -2.27. The standard InChI is InChI=1S/C19H22ClN3O2S/c1-3-19(14-8-6-5-7-9-14)17(24)23(18(25)21-19)13-22(4-2)12-15-10-11-16(20)26-15/h5-11H,3-4,12-13H2,1-2H3,(H,21,25)/t19-/m1/s1. The van der Waals surface area contributed by atoms with Crippen LogP contribution in [0.25, 0.3) is 0 Å². The van der Waals surface area contributed by atoms with Crippen LogP contribution in [0.3, 0.4) is 0 Å². The molecule has 0 aliphatic carbocycles. The molecule has 2 aromatic rings. The first-order chi connectivity index (χ1) is 12.5. The number of benzene rings is 1. The van der Waals surface area contributed by atoms with Crippen molar-refractivity contribution in [3.05, 3.63) is 57.2 Å². The summed E-state index contributed by atoms with van der Waals surface area (Å²) in [6, 6.07) is 12.9. The summed E-state index contributed by atoms with van der Waals surface area (Å²) < 4.78 is 0.736. The molecule has 0 unspecified atom stereocenters. The number of hydrogen-bond acceptors (Lipinski definition) is 4. The number of amides is 3. The molecule has 1 saturated heterocycles. The number of urea groups is 1. The highest BCUT2D eigenvalue weighted by atomic mass is 35.5. The zero-order chi connectivity index (χ0) is 18.7. The quantitative estimate of drug-likeness (QED) is 0.725. The van der Waals surface area contributed by atoms with E-state index in [0.717, 1.165) is 21.3 Å². The molecule has 0 radical (unpaired) electrons. The van der Waals surface area contributed by atoms with Gasteiger partial charge in [0, 0.05) is 11.4 Å². The highest BCUT2D eigenvalue weighted by Gasteiger charge is 2.51. The van der Waals surface area contributed by atoms with Gasteiger partial charge in [0.05, 0.1) is 11.0 Å². The third kappa shape index (κ3) is 3.49. The molecule has 1 N–H and O–H groups in total. The van der Waals surface area contributed by atoms with Crippen LogP contribution >= 0.6 is 22.9 Å². The van der Waals surface area contributed by atoms with Crippen LogP contribution in [-0.2, 0) is 16.9 Å². The minimum atomic E-state index is -0.982. The van der Waals surface area contributed by atoms with Crippen LogP contribution < -0.4 is 5.32 Å². The Bertz CT molecular complexity index is 795. The van der Waals surface area contributed by atoms with Crippen molar-refractivity contribution < 1.29 is 9.59 Å². The van der Waals surface area contributed by atoms with Gasteiger partial charge in [-0.3, -0.25) is 9.69 Å². The van der Waals surface area contributed by atoms with Crippen LogP contribution in [0.2, 0.25) is 4.34 Å². The predicted molar refractivity (Wildman–Crippen MR) is 104 cm³/mol. The zero-order valence-electron chi connectivity index (χ0n) is 14.9. The third-order valence-electron chi connectivity index (χ3n) is 4.77. The number of nitrogens with one attached hydrogen (secondary N) is 1. The second-order valence-electron chi connectivity index (χ2n) is 6.28. The van der Waals surface area contributed by atoms with Gasteiger partial charge in [-0.1, -0.05) is 55.8 Å². The number of thiophene rings is 1. The van der Waals surface area contributed by atoms with Crippen LogP contribution in [0.15, 0.2) is 42.5 Å². The smallest absolute Gasteiger partial charge is 0.319 e. The molecule has 26 heavy (non-hydrogen) atoms. The highest BCUT2D eigenvalue weighted by molar-refractivity contribution is 7.16. The van der Waals surface area contributed by atoms with Crippen LogP contribution in [-0.4, -0.2) is 35.0 Å². The van der Waals surface area contributed by atoms with Gasteiger partial charge in [0.25, 0.3) is 5.91 Å². The topological polar surface area (TPSA) is 52.6 Å². The zero-order valence-corrected chi connectivity index (χ0v) is 16.4. The Morgan fingerprint density at radius 2 is 1.88 bits per heavy atom. The minimum Gasteiger partial charge on any atom is -0.319 e. The predicted octanol–water partition coefficient (Wildman–Crippen LogP) is 4.04. The number of carbonyl (C=O) groups excluding carboxylic acids is 2. The molecular weight excluding hydrogens is 370 g/mol. The van der Waals surface area contributed by atoms with E-state index in [9.17, 15) is 9.59 Å². The normalized spacial score (nSPS) is 20.1. The summed E-state index contributed by atoms with van der Waals surface area (Å²) in [7, 11) is 0. The van der Waals surface area contributed by atoms with Crippen molar-refractivity contribution in [2.45, 2.75) is 32.4 Å². The maximum Gasteiger partial charge on any atom is 0.326 e. The molecule has 3 rings (SSSR count). The van der Waals surface area contributed by atoms with Crippen molar-refractivity contribution in [3.8, 4) is 0 Å². The molecule has 0 saturated carbocycles. The van der Waals surface area contributed by atoms with Crippen LogP contribution in [0.1, 0.15) is 30.7 Å². The molecule has 7 heteroatoms. The van der Waals surface area contributed by atoms with Gasteiger partial charge in [0.2, 0.25) is 0 Å². The Hall–Kier alpha value is -1.89. The fourth-order valence-corrected chi connectivity index (χ4v) is 4.37. The number of rotatable bonds is 7. The van der Waals surface area contributed by atoms with Crippen molar-refractivity contribution >= 4 is 34.9 Å². The number of hydrogen-bond donors (Lipinski definition) is 1. The second kappa shape index (κ2) is 7.78. The van der Waals surface area contributed by atoms with E-state index in [-0.39, 0.29) is 18.6 Å². The number of halogens is 1. The average molecular weight is 392 g/mol. The molecule has 138 valence electrons. The molecule has 1 aromatic heterocycles. The van der Waals surface area contributed by atoms with E-state index in [1.54, 1.807) is 0 Å². The monoisotopic (exact) mass is 391 g/mol. The Morgan fingerprint density at radius 1 is 1.15 bits per heavy atom. The summed E-state index contributed by atoms with van der Waals surface area (Å²) in [5.74, 6) is -0.195. The maximum absolute atomic E-state index is 13.2. The lowest BCUT2D eigenvalue weighted by Crippen LogP contribution is -2.45. The van der Waals surface area contributed by atoms with Gasteiger partial charge in [0.15, 0.2) is 0 Å². The molecule has 1 aromatic carbocycles. The first-order valence-corrected chi connectivity index (χ1v) is 9.85. The SMILES string of the molecule is CCN(Cc1ccc(Cl)s1)CN1C(=O)N[C@](CC)(c2ccccc2)C1=O. The maximum atomic E-state index is 13.2. The lowest BCUT2D eigenvalue weighted by atomic mass is 9.87. The Morgan fingerprint density at radius 3 is 2.46 bits per heavy atom. The molecule has 0 spiro atoms. The fourth-order valence-electron chi connectivity index (χ4n) is 3.24. The van der Waals surface area contributed by atoms with Crippen molar-refractivity contribution in [1.82, 2.24) is 15.1 Å². The molecule has 5 nitrogen and oxygen atoms in total. The van der Waals surface area contributed by atoms with Gasteiger partial charge in [-0.15, -0.1) is 11.3 Å². The summed E-state index contributed by atoms with van der Waals surface area (Å²) in [5.41, 5.74) is -0.166. The van der Waals surface area contributed by atoms with Crippen molar-refractivity contribution in [2.24, 2.45) is 0 Å². The van der Waals surface area contributed by atoms with E-state index in [4.69, 9.17) is 11.6 Å². The Kier molecular flexibility index (Phi) is 5.65. The molecule has 3 amide bonds.